The molecule has 0 radical (unpaired) electrons. The van der Waals surface area contributed by atoms with Gasteiger partial charge in [0.2, 0.25) is 0 Å². The van der Waals surface area contributed by atoms with Gasteiger partial charge in [0.1, 0.15) is 5.75 Å². The summed E-state index contributed by atoms with van der Waals surface area (Å²) in [7, 11) is 0. The van der Waals surface area contributed by atoms with Crippen LogP contribution in [-0.4, -0.2) is 15.9 Å². The van der Waals surface area contributed by atoms with Gasteiger partial charge in [0, 0.05) is 5.69 Å². The van der Waals surface area contributed by atoms with Crippen LogP contribution in [0.25, 0.3) is 0 Å². The van der Waals surface area contributed by atoms with Gasteiger partial charge in [0.15, 0.2) is 5.11 Å². The molecule has 0 saturated heterocycles. The molecule has 23 heavy (non-hydrogen) atoms. The van der Waals surface area contributed by atoms with Crippen LogP contribution >= 0.6 is 12.2 Å². The second kappa shape index (κ2) is 7.74. The van der Waals surface area contributed by atoms with E-state index in [1.165, 1.54) is 0 Å². The molecular weight excluding hydrogens is 306 g/mol. The molecule has 0 amide bonds. The highest BCUT2D eigenvalue weighted by Gasteiger charge is 2.05. The zero-order valence-electron chi connectivity index (χ0n) is 13.6. The van der Waals surface area contributed by atoms with Gasteiger partial charge in [-0.2, -0.15) is 5.10 Å². The number of phenolic OH excluding ortho intramolecular Hbond substituents is 1. The number of aromatic hydroxyl groups is 1. The number of phenols is 1. The summed E-state index contributed by atoms with van der Waals surface area (Å²) in [6, 6.07) is 13.1. The third-order valence-corrected chi connectivity index (χ3v) is 3.74. The summed E-state index contributed by atoms with van der Waals surface area (Å²) in [5, 5.41) is 17.4. The molecule has 0 fully saturated rings. The molecule has 0 aliphatic heterocycles. The van der Waals surface area contributed by atoms with Crippen LogP contribution in [0.1, 0.15) is 30.0 Å². The highest BCUT2D eigenvalue weighted by Crippen LogP contribution is 2.19. The van der Waals surface area contributed by atoms with Crippen molar-refractivity contribution >= 4 is 28.7 Å². The van der Waals surface area contributed by atoms with E-state index in [9.17, 15) is 5.11 Å². The van der Waals surface area contributed by atoms with Crippen molar-refractivity contribution in [2.45, 2.75) is 27.2 Å². The summed E-state index contributed by atoms with van der Waals surface area (Å²) in [5.41, 5.74) is 7.98. The fourth-order valence-electron chi connectivity index (χ4n) is 2.27. The molecule has 120 valence electrons. The molecule has 0 heterocycles. The van der Waals surface area contributed by atoms with E-state index in [-0.39, 0.29) is 5.75 Å². The fourth-order valence-corrected chi connectivity index (χ4v) is 2.42. The molecule has 0 aliphatic rings. The van der Waals surface area contributed by atoms with Crippen molar-refractivity contribution in [3.05, 3.63) is 59.2 Å². The molecule has 0 aromatic heterocycles. The van der Waals surface area contributed by atoms with Crippen molar-refractivity contribution in [3.63, 3.8) is 0 Å². The van der Waals surface area contributed by atoms with E-state index >= 15 is 0 Å². The summed E-state index contributed by atoms with van der Waals surface area (Å²) in [5.74, 6) is 0.240. The molecule has 0 spiro atoms. The van der Waals surface area contributed by atoms with E-state index in [0.29, 0.717) is 5.11 Å². The monoisotopic (exact) mass is 327 g/mol. The van der Waals surface area contributed by atoms with E-state index in [1.807, 2.05) is 51.1 Å². The van der Waals surface area contributed by atoms with Crippen molar-refractivity contribution < 1.29 is 5.11 Å². The van der Waals surface area contributed by atoms with Crippen molar-refractivity contribution in [1.29, 1.82) is 0 Å². The summed E-state index contributed by atoms with van der Waals surface area (Å²) in [6.45, 7) is 6.10. The minimum atomic E-state index is 0.240. The molecule has 2 aromatic carbocycles. The van der Waals surface area contributed by atoms with Crippen LogP contribution in [0.3, 0.4) is 0 Å². The lowest BCUT2D eigenvalue weighted by Gasteiger charge is -2.13. The van der Waals surface area contributed by atoms with E-state index in [1.54, 1.807) is 12.1 Å². The van der Waals surface area contributed by atoms with Crippen LogP contribution in [0.4, 0.5) is 5.69 Å². The number of anilines is 1. The summed E-state index contributed by atoms with van der Waals surface area (Å²) in [6.07, 6.45) is 0.754. The van der Waals surface area contributed by atoms with Gasteiger partial charge in [0.05, 0.1) is 5.71 Å². The second-order valence-corrected chi connectivity index (χ2v) is 5.70. The second-order valence-electron chi connectivity index (χ2n) is 5.29. The quantitative estimate of drug-likeness (QED) is 0.449. The molecule has 3 N–H and O–H groups in total. The van der Waals surface area contributed by atoms with Gasteiger partial charge in [0.25, 0.3) is 0 Å². The Hall–Kier alpha value is -2.40. The van der Waals surface area contributed by atoms with Crippen LogP contribution in [0.5, 0.6) is 5.75 Å². The predicted molar refractivity (Wildman–Crippen MR) is 100 cm³/mol. The van der Waals surface area contributed by atoms with Gasteiger partial charge in [-0.25, -0.2) is 0 Å². The maximum atomic E-state index is 9.36. The van der Waals surface area contributed by atoms with E-state index in [4.69, 9.17) is 12.2 Å². The third-order valence-electron chi connectivity index (χ3n) is 3.55. The van der Waals surface area contributed by atoms with Crippen molar-refractivity contribution in [3.8, 4) is 5.75 Å². The van der Waals surface area contributed by atoms with Gasteiger partial charge in [-0.15, -0.1) is 0 Å². The highest BCUT2D eigenvalue weighted by molar-refractivity contribution is 7.80. The lowest BCUT2D eigenvalue weighted by Crippen LogP contribution is -2.26. The molecule has 2 aromatic rings. The standard InChI is InChI=1S/C18H21N3OS/c1-4-16(14-8-10-15(22)11-9-14)20-21-18(23)19-17-12(2)6-5-7-13(17)3/h5-11,22H,4H2,1-3H3,(H2,19,21,23). The van der Waals surface area contributed by atoms with E-state index in [0.717, 1.165) is 34.5 Å². The Labute approximate surface area is 142 Å². The fraction of sp³-hybridized carbons (Fsp3) is 0.222. The third kappa shape index (κ3) is 4.53. The summed E-state index contributed by atoms with van der Waals surface area (Å²) in [4.78, 5) is 0. The number of nitrogens with zero attached hydrogens (tertiary/aromatic N) is 1. The number of para-hydroxylation sites is 1. The van der Waals surface area contributed by atoms with Crippen LogP contribution in [-0.2, 0) is 0 Å². The molecule has 0 saturated carbocycles. The zero-order chi connectivity index (χ0) is 16.8. The molecule has 0 aliphatic carbocycles. The van der Waals surface area contributed by atoms with Crippen molar-refractivity contribution in [1.82, 2.24) is 5.43 Å². The first kappa shape index (κ1) is 17.0. The van der Waals surface area contributed by atoms with Crippen LogP contribution in [0.15, 0.2) is 47.6 Å². The Kier molecular flexibility index (Phi) is 5.71. The van der Waals surface area contributed by atoms with Crippen molar-refractivity contribution in [2.24, 2.45) is 5.10 Å². The SMILES string of the molecule is CCC(=NNC(=S)Nc1c(C)cccc1C)c1ccc(O)cc1. The lowest BCUT2D eigenvalue weighted by molar-refractivity contribution is 0.475. The Bertz CT molecular complexity index is 703. The number of nitrogens with one attached hydrogen (secondary N) is 2. The number of benzene rings is 2. The molecule has 2 rings (SSSR count). The van der Waals surface area contributed by atoms with Gasteiger partial charge < -0.3 is 10.4 Å². The Balaban J connectivity index is 2.08. The molecule has 0 atom stereocenters. The number of hydrogen-bond donors (Lipinski definition) is 3. The first-order valence-electron chi connectivity index (χ1n) is 7.50. The van der Waals surface area contributed by atoms with Gasteiger partial charge in [-0.05, 0) is 73.4 Å². The molecule has 0 unspecified atom stereocenters. The normalized spacial score (nSPS) is 11.2. The smallest absolute Gasteiger partial charge is 0.191 e. The van der Waals surface area contributed by atoms with E-state index < -0.39 is 0 Å². The Morgan fingerprint density at radius 1 is 1.09 bits per heavy atom. The highest BCUT2D eigenvalue weighted by atomic mass is 32.1. The van der Waals surface area contributed by atoms with Crippen LogP contribution in [0.2, 0.25) is 0 Å². The molecule has 0 bridgehead atoms. The number of hydrazone groups is 1. The Morgan fingerprint density at radius 3 is 2.26 bits per heavy atom. The summed E-state index contributed by atoms with van der Waals surface area (Å²) >= 11 is 5.32. The maximum Gasteiger partial charge on any atom is 0.191 e. The van der Waals surface area contributed by atoms with Crippen LogP contribution < -0.4 is 10.7 Å². The molecular formula is C18H21N3OS. The predicted octanol–water partition coefficient (Wildman–Crippen LogP) is 4.11. The zero-order valence-corrected chi connectivity index (χ0v) is 14.4. The average molecular weight is 327 g/mol. The molecule has 4 nitrogen and oxygen atoms in total. The number of rotatable bonds is 4. The van der Waals surface area contributed by atoms with Crippen molar-refractivity contribution in [2.75, 3.05) is 5.32 Å². The van der Waals surface area contributed by atoms with E-state index in [2.05, 4.69) is 15.8 Å². The Morgan fingerprint density at radius 2 is 1.70 bits per heavy atom. The van der Waals surface area contributed by atoms with Gasteiger partial charge in [-0.1, -0.05) is 25.1 Å². The molecule has 5 heteroatoms. The largest absolute Gasteiger partial charge is 0.508 e. The topological polar surface area (TPSA) is 56.7 Å². The number of hydrogen-bond acceptors (Lipinski definition) is 3. The van der Waals surface area contributed by atoms with Gasteiger partial charge >= 0.3 is 0 Å². The first-order chi connectivity index (χ1) is 11.0. The first-order valence-corrected chi connectivity index (χ1v) is 7.91. The van der Waals surface area contributed by atoms with Crippen LogP contribution in [0, 0.1) is 13.8 Å². The summed E-state index contributed by atoms with van der Waals surface area (Å²) < 4.78 is 0. The number of thiocarbonyl (C=S) groups is 1. The number of aryl methyl sites for hydroxylation is 2. The lowest BCUT2D eigenvalue weighted by atomic mass is 10.1. The maximum absolute atomic E-state index is 9.36. The average Bonchev–Trinajstić information content (AvgIpc) is 2.53. The minimum Gasteiger partial charge on any atom is -0.508 e. The minimum absolute atomic E-state index is 0.240. The van der Waals surface area contributed by atoms with Gasteiger partial charge in [-0.3, -0.25) is 5.43 Å².